The van der Waals surface area contributed by atoms with E-state index in [0.717, 1.165) is 24.3 Å². The summed E-state index contributed by atoms with van der Waals surface area (Å²) in [6.45, 7) is 4.74. The summed E-state index contributed by atoms with van der Waals surface area (Å²) in [5.41, 5.74) is 2.29. The van der Waals surface area contributed by atoms with E-state index in [4.69, 9.17) is 0 Å². The van der Waals surface area contributed by atoms with Crippen LogP contribution in [0, 0.1) is 28.6 Å². The monoisotopic (exact) mass is 421 g/mol. The molecule has 31 heavy (non-hydrogen) atoms. The lowest BCUT2D eigenvalue weighted by Crippen LogP contribution is -2.61. The van der Waals surface area contributed by atoms with Gasteiger partial charge in [-0.2, -0.15) is 0 Å². The van der Waals surface area contributed by atoms with Gasteiger partial charge in [-0.15, -0.1) is 0 Å². The minimum atomic E-state index is -0.303. The molecule has 1 amide bonds. The molecule has 3 fully saturated rings. The van der Waals surface area contributed by atoms with Crippen molar-refractivity contribution in [1.29, 1.82) is 0 Å². The number of carbonyl (C=O) groups is 2. The topological polar surface area (TPSA) is 57.6 Å². The summed E-state index contributed by atoms with van der Waals surface area (Å²) in [4.78, 5) is 28.6. The third-order valence-corrected chi connectivity index (χ3v) is 9.76. The molecule has 0 radical (unpaired) electrons. The van der Waals surface area contributed by atoms with Gasteiger partial charge in [0.1, 0.15) is 0 Å². The first kappa shape index (κ1) is 20.9. The molecule has 1 aliphatic heterocycles. The zero-order chi connectivity index (χ0) is 22.0. The molecule has 1 N–H and O–H groups in total. The van der Waals surface area contributed by atoms with Gasteiger partial charge < -0.3 is 10.0 Å². The number of aliphatic hydroxyl groups excluding tert-OH is 1. The van der Waals surface area contributed by atoms with Gasteiger partial charge in [0.2, 0.25) is 5.91 Å². The van der Waals surface area contributed by atoms with E-state index in [-0.39, 0.29) is 29.8 Å². The number of rotatable bonds is 3. The van der Waals surface area contributed by atoms with Gasteiger partial charge >= 0.3 is 0 Å². The Balaban J connectivity index is 1.56. The maximum atomic E-state index is 13.8. The van der Waals surface area contributed by atoms with Gasteiger partial charge in [0, 0.05) is 35.7 Å². The number of Topliss-reactive ketones (excluding diaryl/α,β-unsaturated/α-hetero) is 1. The molecule has 0 saturated heterocycles. The van der Waals surface area contributed by atoms with E-state index >= 15 is 0 Å². The van der Waals surface area contributed by atoms with Gasteiger partial charge in [-0.1, -0.05) is 44.5 Å². The molecular formula is C27H35NO3. The molecule has 6 atom stereocenters. The molecule has 1 heterocycles. The predicted molar refractivity (Wildman–Crippen MR) is 120 cm³/mol. The second kappa shape index (κ2) is 7.30. The van der Waals surface area contributed by atoms with Crippen molar-refractivity contribution in [1.82, 2.24) is 4.90 Å². The van der Waals surface area contributed by atoms with E-state index in [1.54, 1.807) is 30.3 Å². The zero-order valence-electron chi connectivity index (χ0n) is 19.1. The Hall–Kier alpha value is -1.94. The number of likely N-dealkylation sites (N-methyl/N-ethyl adjacent to an activating group) is 1. The van der Waals surface area contributed by atoms with E-state index < -0.39 is 0 Å². The highest BCUT2D eigenvalue weighted by atomic mass is 16.3. The van der Waals surface area contributed by atoms with Crippen LogP contribution in [0.4, 0.5) is 0 Å². The lowest BCUT2D eigenvalue weighted by Gasteiger charge is -2.61. The van der Waals surface area contributed by atoms with Crippen molar-refractivity contribution >= 4 is 11.7 Å². The number of benzene rings is 1. The lowest BCUT2D eigenvalue weighted by atomic mass is 9.46. The van der Waals surface area contributed by atoms with Crippen molar-refractivity contribution in [3.8, 4) is 0 Å². The van der Waals surface area contributed by atoms with E-state index in [2.05, 4.69) is 13.8 Å². The standard InChI is InChI=1S/C27H35NO3/c1-26-13-4-5-20(26)19-10-11-23-27(2,21(19)12-14-26)22(15-24(30)28(23)3)25(31)18-8-6-17(16-29)7-9-18/h6-9,15,19-21,23,29H,4-5,10-14,16H2,1-3H3/t19-,20-,21+,23?,26-,27-/m0/s1. The van der Waals surface area contributed by atoms with Crippen LogP contribution in [-0.4, -0.2) is 34.8 Å². The number of amides is 1. The summed E-state index contributed by atoms with van der Waals surface area (Å²) in [5.74, 6) is 1.80. The second-order valence-electron chi connectivity index (χ2n) is 11.0. The van der Waals surface area contributed by atoms with Crippen LogP contribution >= 0.6 is 0 Å². The van der Waals surface area contributed by atoms with E-state index in [1.165, 1.54) is 32.1 Å². The van der Waals surface area contributed by atoms with Crippen molar-refractivity contribution in [2.24, 2.45) is 28.6 Å². The average molecular weight is 422 g/mol. The Morgan fingerprint density at radius 2 is 1.81 bits per heavy atom. The Bertz CT molecular complexity index is 934. The van der Waals surface area contributed by atoms with Gasteiger partial charge in [-0.3, -0.25) is 9.59 Å². The Labute approximate surface area is 185 Å². The van der Waals surface area contributed by atoms with Crippen molar-refractivity contribution in [3.63, 3.8) is 0 Å². The number of hydrogen-bond acceptors (Lipinski definition) is 3. The first-order valence-corrected chi connectivity index (χ1v) is 12.0. The highest BCUT2D eigenvalue weighted by Crippen LogP contribution is 2.65. The van der Waals surface area contributed by atoms with E-state index in [9.17, 15) is 14.7 Å². The Kier molecular flexibility index (Phi) is 4.93. The van der Waals surface area contributed by atoms with Crippen LogP contribution in [0.25, 0.3) is 0 Å². The third-order valence-electron chi connectivity index (χ3n) is 9.76. The van der Waals surface area contributed by atoms with Crippen molar-refractivity contribution in [2.75, 3.05) is 7.05 Å². The molecule has 0 aromatic heterocycles. The lowest BCUT2D eigenvalue weighted by molar-refractivity contribution is -0.139. The maximum Gasteiger partial charge on any atom is 0.247 e. The highest BCUT2D eigenvalue weighted by Gasteiger charge is 2.61. The van der Waals surface area contributed by atoms with Crippen LogP contribution in [0.3, 0.4) is 0 Å². The molecule has 4 aliphatic rings. The number of carbonyl (C=O) groups excluding carboxylic acids is 2. The van der Waals surface area contributed by atoms with E-state index in [0.29, 0.717) is 28.4 Å². The molecule has 0 bridgehead atoms. The molecule has 4 nitrogen and oxygen atoms in total. The van der Waals surface area contributed by atoms with Gasteiger partial charge in [-0.25, -0.2) is 0 Å². The fourth-order valence-electron chi connectivity index (χ4n) is 8.06. The largest absolute Gasteiger partial charge is 0.392 e. The fourth-order valence-corrected chi connectivity index (χ4v) is 8.06. The molecule has 1 unspecified atom stereocenters. The highest BCUT2D eigenvalue weighted by molar-refractivity contribution is 6.13. The minimum Gasteiger partial charge on any atom is -0.392 e. The molecule has 1 aromatic carbocycles. The predicted octanol–water partition coefficient (Wildman–Crippen LogP) is 4.76. The normalized spacial score (nSPS) is 39.4. The number of hydrogen-bond donors (Lipinski definition) is 1. The first-order valence-electron chi connectivity index (χ1n) is 12.0. The molecule has 3 aliphatic carbocycles. The summed E-state index contributed by atoms with van der Waals surface area (Å²) in [6, 6.07) is 7.29. The van der Waals surface area contributed by atoms with Crippen LogP contribution in [0.15, 0.2) is 35.9 Å². The van der Waals surface area contributed by atoms with Gasteiger partial charge in [0.15, 0.2) is 5.78 Å². The Morgan fingerprint density at radius 3 is 2.52 bits per heavy atom. The molecule has 3 saturated carbocycles. The maximum absolute atomic E-state index is 13.8. The minimum absolute atomic E-state index is 0.0150. The van der Waals surface area contributed by atoms with Gasteiger partial charge in [-0.05, 0) is 67.3 Å². The van der Waals surface area contributed by atoms with Crippen molar-refractivity contribution in [2.45, 2.75) is 71.4 Å². The van der Waals surface area contributed by atoms with Crippen LogP contribution in [0.1, 0.15) is 74.7 Å². The molecule has 5 rings (SSSR count). The smallest absolute Gasteiger partial charge is 0.247 e. The van der Waals surface area contributed by atoms with Gasteiger partial charge in [0.25, 0.3) is 0 Å². The number of fused-ring (bicyclic) bond motifs is 5. The summed E-state index contributed by atoms with van der Waals surface area (Å²) in [5, 5.41) is 9.35. The molecule has 166 valence electrons. The first-order chi connectivity index (χ1) is 14.8. The molecule has 1 aromatic rings. The number of aliphatic hydroxyl groups is 1. The van der Waals surface area contributed by atoms with Crippen molar-refractivity contribution in [3.05, 3.63) is 47.0 Å². The quantitative estimate of drug-likeness (QED) is 0.716. The Morgan fingerprint density at radius 1 is 1.06 bits per heavy atom. The zero-order valence-corrected chi connectivity index (χ0v) is 19.1. The molecule has 0 spiro atoms. The van der Waals surface area contributed by atoms with Gasteiger partial charge in [0.05, 0.1) is 6.61 Å². The van der Waals surface area contributed by atoms with Crippen LogP contribution in [-0.2, 0) is 11.4 Å². The number of nitrogens with zero attached hydrogens (tertiary/aromatic N) is 1. The summed E-state index contributed by atoms with van der Waals surface area (Å²) in [7, 11) is 1.92. The second-order valence-corrected chi connectivity index (χ2v) is 11.0. The summed E-state index contributed by atoms with van der Waals surface area (Å²) >= 11 is 0. The van der Waals surface area contributed by atoms with Crippen LogP contribution in [0.2, 0.25) is 0 Å². The SMILES string of the molecule is CN1C(=O)C=C(C(=O)c2ccc(CO)cc2)[C@@]2(C)C1CC[C@@H]1[C@H]2CC[C@]2(C)CCC[C@@H]12. The molecule has 4 heteroatoms. The van der Waals surface area contributed by atoms with Crippen molar-refractivity contribution < 1.29 is 14.7 Å². The van der Waals surface area contributed by atoms with E-state index in [1.807, 2.05) is 11.9 Å². The van der Waals surface area contributed by atoms with Crippen LogP contribution in [0.5, 0.6) is 0 Å². The summed E-state index contributed by atoms with van der Waals surface area (Å²) in [6.07, 6.45) is 10.2. The van der Waals surface area contributed by atoms with Crippen LogP contribution < -0.4 is 0 Å². The fraction of sp³-hybridized carbons (Fsp3) is 0.630. The third kappa shape index (κ3) is 2.97. The number of ketones is 1. The average Bonchev–Trinajstić information content (AvgIpc) is 3.18. The summed E-state index contributed by atoms with van der Waals surface area (Å²) < 4.78 is 0. The molecular weight excluding hydrogens is 386 g/mol.